The third-order valence-corrected chi connectivity index (χ3v) is 3.75. The molecule has 0 bridgehead atoms. The molecule has 110 valence electrons. The summed E-state index contributed by atoms with van der Waals surface area (Å²) < 4.78 is 39.9. The summed E-state index contributed by atoms with van der Waals surface area (Å²) in [6.07, 6.45) is 0.971. The zero-order valence-corrected chi connectivity index (χ0v) is 11.6. The molecule has 2 aromatic rings. The van der Waals surface area contributed by atoms with Crippen molar-refractivity contribution >= 4 is 11.4 Å². The van der Waals surface area contributed by atoms with Gasteiger partial charge in [0.1, 0.15) is 11.5 Å². The summed E-state index contributed by atoms with van der Waals surface area (Å²) >= 11 is 0. The highest BCUT2D eigenvalue weighted by molar-refractivity contribution is 5.59. The molecule has 0 aromatic heterocycles. The molecule has 0 aliphatic carbocycles. The van der Waals surface area contributed by atoms with E-state index in [1.165, 1.54) is 11.3 Å². The topological polar surface area (TPSA) is 15.3 Å². The Hall–Kier alpha value is -2.17. The predicted octanol–water partition coefficient (Wildman–Crippen LogP) is 3.71. The van der Waals surface area contributed by atoms with Gasteiger partial charge in [0, 0.05) is 38.0 Å². The highest BCUT2D eigenvalue weighted by Crippen LogP contribution is 2.28. The highest BCUT2D eigenvalue weighted by atomic mass is 19.1. The molecule has 5 heteroatoms. The van der Waals surface area contributed by atoms with Crippen molar-refractivity contribution in [2.75, 3.05) is 23.8 Å². The molecule has 0 spiro atoms. The summed E-state index contributed by atoms with van der Waals surface area (Å²) in [7, 11) is 2.03. The van der Waals surface area contributed by atoms with E-state index in [-0.39, 0.29) is 12.2 Å². The van der Waals surface area contributed by atoms with Crippen LogP contribution >= 0.6 is 0 Å². The van der Waals surface area contributed by atoms with E-state index < -0.39 is 17.5 Å². The van der Waals surface area contributed by atoms with E-state index in [0.29, 0.717) is 12.1 Å². The minimum absolute atomic E-state index is 0.288. The monoisotopic (exact) mass is 292 g/mol. The summed E-state index contributed by atoms with van der Waals surface area (Å²) in [6, 6.07) is 7.31. The van der Waals surface area contributed by atoms with E-state index in [2.05, 4.69) is 10.2 Å². The normalized spacial score (nSPS) is 13.4. The number of rotatable bonds is 3. The number of nitrogens with one attached hydrogen (secondary N) is 1. The summed E-state index contributed by atoms with van der Waals surface area (Å²) in [6.45, 7) is 1.27. The molecule has 0 unspecified atom stereocenters. The molecule has 1 heterocycles. The number of benzene rings is 2. The van der Waals surface area contributed by atoms with Gasteiger partial charge in [0.15, 0.2) is 11.6 Å². The van der Waals surface area contributed by atoms with E-state index in [4.69, 9.17) is 0 Å². The van der Waals surface area contributed by atoms with Gasteiger partial charge in [-0.15, -0.1) is 0 Å². The molecule has 1 N–H and O–H groups in total. The molecule has 0 amide bonds. The van der Waals surface area contributed by atoms with E-state index in [0.717, 1.165) is 18.5 Å². The van der Waals surface area contributed by atoms with Gasteiger partial charge >= 0.3 is 0 Å². The number of fused-ring (bicyclic) bond motifs is 1. The Bertz CT molecular complexity index is 662. The Balaban J connectivity index is 1.77. The van der Waals surface area contributed by atoms with Gasteiger partial charge in [-0.1, -0.05) is 12.1 Å². The van der Waals surface area contributed by atoms with Crippen LogP contribution in [0.4, 0.5) is 24.5 Å². The molecule has 0 atom stereocenters. The number of likely N-dealkylation sites (N-methyl/N-ethyl adjacent to an activating group) is 1. The van der Waals surface area contributed by atoms with Crippen LogP contribution in [0.3, 0.4) is 0 Å². The lowest BCUT2D eigenvalue weighted by Crippen LogP contribution is -2.12. The van der Waals surface area contributed by atoms with E-state index >= 15 is 0 Å². The third-order valence-electron chi connectivity index (χ3n) is 3.75. The lowest BCUT2D eigenvalue weighted by atomic mass is 10.1. The first kappa shape index (κ1) is 13.8. The summed E-state index contributed by atoms with van der Waals surface area (Å²) in [5.74, 6) is -2.77. The number of hydrogen-bond acceptors (Lipinski definition) is 2. The average Bonchev–Trinajstić information content (AvgIpc) is 2.79. The Morgan fingerprint density at radius 2 is 1.81 bits per heavy atom. The lowest BCUT2D eigenvalue weighted by Gasteiger charge is -2.13. The lowest BCUT2D eigenvalue weighted by molar-refractivity contribution is 0.547. The zero-order valence-electron chi connectivity index (χ0n) is 11.6. The van der Waals surface area contributed by atoms with Crippen LogP contribution in [0, 0.1) is 17.5 Å². The van der Waals surface area contributed by atoms with Gasteiger partial charge in [0.25, 0.3) is 0 Å². The van der Waals surface area contributed by atoms with Crippen molar-refractivity contribution in [1.29, 1.82) is 0 Å². The van der Waals surface area contributed by atoms with Crippen LogP contribution in [0.2, 0.25) is 0 Å². The predicted molar refractivity (Wildman–Crippen MR) is 77.1 cm³/mol. The minimum atomic E-state index is -0.923. The molecule has 1 aliphatic rings. The Kier molecular flexibility index (Phi) is 3.49. The fraction of sp³-hybridized carbons (Fsp3) is 0.250. The second kappa shape index (κ2) is 5.31. The molecular weight excluding hydrogens is 277 g/mol. The molecule has 0 fully saturated rings. The molecule has 0 saturated carbocycles. The second-order valence-corrected chi connectivity index (χ2v) is 5.23. The first-order valence-corrected chi connectivity index (χ1v) is 6.76. The molecule has 2 aromatic carbocycles. The van der Waals surface area contributed by atoms with Crippen molar-refractivity contribution in [3.8, 4) is 0 Å². The van der Waals surface area contributed by atoms with Gasteiger partial charge in [0.2, 0.25) is 0 Å². The van der Waals surface area contributed by atoms with Crippen molar-refractivity contribution in [2.45, 2.75) is 13.0 Å². The number of halogens is 3. The maximum Gasteiger partial charge on any atom is 0.152 e. The van der Waals surface area contributed by atoms with Crippen LogP contribution in [0.5, 0.6) is 0 Å². The molecule has 3 rings (SSSR count). The van der Waals surface area contributed by atoms with Crippen LogP contribution in [0.15, 0.2) is 30.3 Å². The molecule has 2 nitrogen and oxygen atoms in total. The van der Waals surface area contributed by atoms with Crippen LogP contribution in [0.25, 0.3) is 0 Å². The highest BCUT2D eigenvalue weighted by Gasteiger charge is 2.16. The van der Waals surface area contributed by atoms with Crippen molar-refractivity contribution < 1.29 is 13.2 Å². The molecule has 0 radical (unpaired) electrons. The molecule has 1 aliphatic heterocycles. The van der Waals surface area contributed by atoms with Crippen LogP contribution in [-0.4, -0.2) is 13.6 Å². The van der Waals surface area contributed by atoms with Gasteiger partial charge in [-0.2, -0.15) is 0 Å². The number of hydrogen-bond donors (Lipinski definition) is 1. The Morgan fingerprint density at radius 3 is 2.52 bits per heavy atom. The van der Waals surface area contributed by atoms with Gasteiger partial charge in [-0.05, 0) is 23.6 Å². The zero-order chi connectivity index (χ0) is 15.0. The maximum atomic E-state index is 13.5. The van der Waals surface area contributed by atoms with Gasteiger partial charge in [0.05, 0.1) is 0 Å². The second-order valence-electron chi connectivity index (χ2n) is 5.23. The van der Waals surface area contributed by atoms with Crippen molar-refractivity contribution in [2.24, 2.45) is 0 Å². The average molecular weight is 292 g/mol. The molecule has 0 saturated heterocycles. The quantitative estimate of drug-likeness (QED) is 0.927. The van der Waals surface area contributed by atoms with Gasteiger partial charge < -0.3 is 10.2 Å². The summed E-state index contributed by atoms with van der Waals surface area (Å²) in [4.78, 5) is 2.17. The summed E-state index contributed by atoms with van der Waals surface area (Å²) in [5, 5.41) is 2.70. The largest absolute Gasteiger partial charge is 0.376 e. The Morgan fingerprint density at radius 1 is 1.10 bits per heavy atom. The van der Waals surface area contributed by atoms with E-state index in [1.54, 1.807) is 0 Å². The van der Waals surface area contributed by atoms with E-state index in [1.807, 2.05) is 25.2 Å². The van der Waals surface area contributed by atoms with Gasteiger partial charge in [-0.3, -0.25) is 0 Å². The van der Waals surface area contributed by atoms with Crippen LogP contribution in [0.1, 0.15) is 11.1 Å². The standard InChI is InChI=1S/C16H15F3N2/c1-21-5-4-11-6-10(2-3-15(11)21)9-20-16-13(18)7-12(17)8-14(16)19/h2-3,6-8,20H,4-5,9H2,1H3. The minimum Gasteiger partial charge on any atom is -0.376 e. The SMILES string of the molecule is CN1CCc2cc(CNc3c(F)cc(F)cc3F)ccc21. The number of anilines is 2. The smallest absolute Gasteiger partial charge is 0.152 e. The number of nitrogens with zero attached hydrogens (tertiary/aromatic N) is 1. The first-order chi connectivity index (χ1) is 10.0. The van der Waals surface area contributed by atoms with Gasteiger partial charge in [-0.25, -0.2) is 13.2 Å². The maximum absolute atomic E-state index is 13.5. The van der Waals surface area contributed by atoms with Crippen molar-refractivity contribution in [3.05, 3.63) is 58.9 Å². The fourth-order valence-electron chi connectivity index (χ4n) is 2.63. The van der Waals surface area contributed by atoms with Crippen LogP contribution in [-0.2, 0) is 13.0 Å². The fourth-order valence-corrected chi connectivity index (χ4v) is 2.63. The third kappa shape index (κ3) is 2.68. The summed E-state index contributed by atoms with van der Waals surface area (Å²) in [5.41, 5.74) is 3.07. The van der Waals surface area contributed by atoms with Crippen molar-refractivity contribution in [1.82, 2.24) is 0 Å². The molecule has 21 heavy (non-hydrogen) atoms. The first-order valence-electron chi connectivity index (χ1n) is 6.76. The Labute approximate surface area is 121 Å². The van der Waals surface area contributed by atoms with Crippen molar-refractivity contribution in [3.63, 3.8) is 0 Å². The van der Waals surface area contributed by atoms with E-state index in [9.17, 15) is 13.2 Å². The van der Waals surface area contributed by atoms with Crippen LogP contribution < -0.4 is 10.2 Å². The molecular formula is C16H15F3N2.